The smallest absolute Gasteiger partial charge is 0.259 e. The minimum atomic E-state index is -0.195. The molecule has 0 atom stereocenters. The number of rotatable bonds is 5. The molecule has 134 valence electrons. The van der Waals surface area contributed by atoms with Crippen molar-refractivity contribution in [2.45, 2.75) is 13.3 Å². The first-order valence-electron chi connectivity index (χ1n) is 8.65. The number of H-pyrrole nitrogens is 1. The number of carbonyl (C=O) groups is 1. The first-order valence-corrected chi connectivity index (χ1v) is 8.65. The lowest BCUT2D eigenvalue weighted by Gasteiger charge is -2.08. The van der Waals surface area contributed by atoms with Crippen molar-refractivity contribution in [3.63, 3.8) is 0 Å². The van der Waals surface area contributed by atoms with Crippen LogP contribution in [0.4, 0.5) is 5.69 Å². The lowest BCUT2D eigenvalue weighted by molar-refractivity contribution is 0.102. The van der Waals surface area contributed by atoms with E-state index in [-0.39, 0.29) is 5.91 Å². The molecule has 0 aliphatic heterocycles. The second kappa shape index (κ2) is 7.25. The number of anilines is 1. The van der Waals surface area contributed by atoms with E-state index < -0.39 is 0 Å². The summed E-state index contributed by atoms with van der Waals surface area (Å²) in [5.41, 5.74) is 3.02. The molecule has 1 aromatic carbocycles. The van der Waals surface area contributed by atoms with Gasteiger partial charge in [-0.15, -0.1) is 0 Å². The molecule has 4 rings (SSSR count). The largest absolute Gasteiger partial charge is 0.345 e. The SMILES string of the molecule is CCc1c(C(=O)Nc2ccc(-c3ncc[nH]3)cc2)cnn1-c1ccccn1. The van der Waals surface area contributed by atoms with Crippen LogP contribution in [-0.4, -0.2) is 30.6 Å². The third kappa shape index (κ3) is 3.35. The van der Waals surface area contributed by atoms with E-state index in [1.54, 1.807) is 29.5 Å². The number of hydrogen-bond donors (Lipinski definition) is 2. The molecule has 4 aromatic rings. The Hall–Kier alpha value is -3.74. The fraction of sp³-hybridized carbons (Fsp3) is 0.100. The normalized spacial score (nSPS) is 10.7. The second-order valence-corrected chi connectivity index (χ2v) is 5.93. The molecule has 7 nitrogen and oxygen atoms in total. The first kappa shape index (κ1) is 16.7. The highest BCUT2D eigenvalue weighted by molar-refractivity contribution is 6.05. The number of aromatic amines is 1. The predicted octanol–water partition coefficient (Wildman–Crippen LogP) is 3.47. The summed E-state index contributed by atoms with van der Waals surface area (Å²) < 4.78 is 1.70. The highest BCUT2D eigenvalue weighted by Crippen LogP contribution is 2.20. The van der Waals surface area contributed by atoms with Gasteiger partial charge < -0.3 is 10.3 Å². The summed E-state index contributed by atoms with van der Waals surface area (Å²) >= 11 is 0. The maximum atomic E-state index is 12.7. The van der Waals surface area contributed by atoms with Crippen molar-refractivity contribution in [1.29, 1.82) is 0 Å². The molecule has 3 heterocycles. The Morgan fingerprint density at radius 1 is 1.11 bits per heavy atom. The fourth-order valence-electron chi connectivity index (χ4n) is 2.91. The van der Waals surface area contributed by atoms with Gasteiger partial charge in [-0.3, -0.25) is 4.79 Å². The van der Waals surface area contributed by atoms with Gasteiger partial charge in [0.05, 0.1) is 17.5 Å². The van der Waals surface area contributed by atoms with Crippen molar-refractivity contribution in [3.8, 4) is 17.2 Å². The van der Waals surface area contributed by atoms with Crippen LogP contribution in [0.2, 0.25) is 0 Å². The van der Waals surface area contributed by atoms with E-state index in [9.17, 15) is 4.79 Å². The molecule has 2 N–H and O–H groups in total. The minimum Gasteiger partial charge on any atom is -0.345 e. The lowest BCUT2D eigenvalue weighted by Crippen LogP contribution is -2.14. The topological polar surface area (TPSA) is 88.5 Å². The van der Waals surface area contributed by atoms with Crippen LogP contribution in [0.3, 0.4) is 0 Å². The Morgan fingerprint density at radius 3 is 2.63 bits per heavy atom. The zero-order valence-corrected chi connectivity index (χ0v) is 14.8. The van der Waals surface area contributed by atoms with E-state index in [2.05, 4.69) is 25.4 Å². The minimum absolute atomic E-state index is 0.195. The highest BCUT2D eigenvalue weighted by Gasteiger charge is 2.17. The zero-order chi connectivity index (χ0) is 18.6. The van der Waals surface area contributed by atoms with Gasteiger partial charge in [-0.25, -0.2) is 14.6 Å². The van der Waals surface area contributed by atoms with E-state index >= 15 is 0 Å². The molecule has 0 bridgehead atoms. The van der Waals surface area contributed by atoms with Crippen molar-refractivity contribution in [3.05, 3.63) is 78.5 Å². The number of nitrogens with zero attached hydrogens (tertiary/aromatic N) is 4. The molecule has 1 amide bonds. The Bertz CT molecular complexity index is 1040. The van der Waals surface area contributed by atoms with E-state index in [0.29, 0.717) is 23.5 Å². The molecule has 7 heteroatoms. The molecule has 0 radical (unpaired) electrons. The summed E-state index contributed by atoms with van der Waals surface area (Å²) in [6.07, 6.45) is 7.43. The number of carbonyl (C=O) groups excluding carboxylic acids is 1. The number of pyridine rings is 1. The van der Waals surface area contributed by atoms with Gasteiger partial charge in [0.2, 0.25) is 0 Å². The fourth-order valence-corrected chi connectivity index (χ4v) is 2.91. The van der Waals surface area contributed by atoms with Crippen molar-refractivity contribution in [2.24, 2.45) is 0 Å². The number of nitrogens with one attached hydrogen (secondary N) is 2. The number of imidazole rings is 1. The van der Waals surface area contributed by atoms with Crippen molar-refractivity contribution >= 4 is 11.6 Å². The van der Waals surface area contributed by atoms with Crippen LogP contribution in [0.25, 0.3) is 17.2 Å². The number of aromatic nitrogens is 5. The second-order valence-electron chi connectivity index (χ2n) is 5.93. The van der Waals surface area contributed by atoms with Gasteiger partial charge in [-0.1, -0.05) is 13.0 Å². The van der Waals surface area contributed by atoms with Crippen LogP contribution in [0.1, 0.15) is 23.0 Å². The third-order valence-corrected chi connectivity index (χ3v) is 4.23. The molecule has 0 unspecified atom stereocenters. The van der Waals surface area contributed by atoms with Crippen molar-refractivity contribution in [2.75, 3.05) is 5.32 Å². The van der Waals surface area contributed by atoms with Crippen molar-refractivity contribution in [1.82, 2.24) is 24.7 Å². The molecule has 0 spiro atoms. The molecular formula is C20H18N6O. The van der Waals surface area contributed by atoms with Crippen LogP contribution >= 0.6 is 0 Å². The first-order chi connectivity index (χ1) is 13.3. The molecule has 0 aliphatic carbocycles. The summed E-state index contributed by atoms with van der Waals surface area (Å²) in [6.45, 7) is 1.99. The molecule has 27 heavy (non-hydrogen) atoms. The van der Waals surface area contributed by atoms with Crippen molar-refractivity contribution < 1.29 is 4.79 Å². The van der Waals surface area contributed by atoms with Crippen LogP contribution in [0.15, 0.2) is 67.3 Å². The Labute approximate surface area is 156 Å². The molecular weight excluding hydrogens is 340 g/mol. The van der Waals surface area contributed by atoms with Crippen LogP contribution in [0.5, 0.6) is 0 Å². The number of benzene rings is 1. The molecule has 0 fully saturated rings. The van der Waals surface area contributed by atoms with E-state index in [1.165, 1.54) is 0 Å². The van der Waals surface area contributed by atoms with Gasteiger partial charge in [0.15, 0.2) is 5.82 Å². The predicted molar refractivity (Wildman–Crippen MR) is 103 cm³/mol. The molecule has 0 aliphatic rings. The van der Waals surface area contributed by atoms with Gasteiger partial charge in [-0.05, 0) is 42.8 Å². The highest BCUT2D eigenvalue weighted by atomic mass is 16.1. The maximum absolute atomic E-state index is 12.7. The Morgan fingerprint density at radius 2 is 1.96 bits per heavy atom. The van der Waals surface area contributed by atoms with Crippen LogP contribution in [-0.2, 0) is 6.42 Å². The standard InChI is InChI=1S/C20H18N6O/c1-2-17-16(13-24-26(17)18-5-3-4-10-21-18)20(27)25-15-8-6-14(7-9-15)19-22-11-12-23-19/h3-13H,2H2,1H3,(H,22,23)(H,25,27). The quantitative estimate of drug-likeness (QED) is 0.572. The average Bonchev–Trinajstić information content (AvgIpc) is 3.39. The van der Waals surface area contributed by atoms with E-state index in [0.717, 1.165) is 17.1 Å². The number of amides is 1. The van der Waals surface area contributed by atoms with E-state index in [1.807, 2.05) is 49.4 Å². The summed E-state index contributed by atoms with van der Waals surface area (Å²) in [6, 6.07) is 13.1. The van der Waals surface area contributed by atoms with Crippen LogP contribution < -0.4 is 5.32 Å². The van der Waals surface area contributed by atoms with Gasteiger partial charge in [0.25, 0.3) is 5.91 Å². The molecule has 0 saturated carbocycles. The summed E-state index contributed by atoms with van der Waals surface area (Å²) in [7, 11) is 0. The van der Waals surface area contributed by atoms with Gasteiger partial charge in [0, 0.05) is 29.8 Å². The number of hydrogen-bond acceptors (Lipinski definition) is 4. The summed E-state index contributed by atoms with van der Waals surface area (Å²) in [5.74, 6) is 1.29. The monoisotopic (exact) mass is 358 g/mol. The summed E-state index contributed by atoms with van der Waals surface area (Å²) in [5, 5.41) is 7.28. The molecule has 3 aromatic heterocycles. The Balaban J connectivity index is 1.56. The average molecular weight is 358 g/mol. The zero-order valence-electron chi connectivity index (χ0n) is 14.8. The van der Waals surface area contributed by atoms with Gasteiger partial charge in [-0.2, -0.15) is 5.10 Å². The third-order valence-electron chi connectivity index (χ3n) is 4.23. The van der Waals surface area contributed by atoms with Crippen LogP contribution in [0, 0.1) is 0 Å². The maximum Gasteiger partial charge on any atom is 0.259 e. The lowest BCUT2D eigenvalue weighted by atomic mass is 10.1. The van der Waals surface area contributed by atoms with Gasteiger partial charge >= 0.3 is 0 Å². The summed E-state index contributed by atoms with van der Waals surface area (Å²) in [4.78, 5) is 24.3. The molecule has 0 saturated heterocycles. The Kier molecular flexibility index (Phi) is 4.49. The van der Waals surface area contributed by atoms with Gasteiger partial charge in [0.1, 0.15) is 5.82 Å². The van der Waals surface area contributed by atoms with E-state index in [4.69, 9.17) is 0 Å².